The number of halogens is 1. The molecule has 0 amide bonds. The number of hydrogen-bond donors (Lipinski definition) is 0. The van der Waals surface area contributed by atoms with E-state index in [1.165, 1.54) is 0 Å². The molecule has 3 aromatic heterocycles. The zero-order chi connectivity index (χ0) is 12.8. The molecule has 0 aliphatic heterocycles. The van der Waals surface area contributed by atoms with E-state index in [-0.39, 0.29) is 0 Å². The van der Waals surface area contributed by atoms with Crippen molar-refractivity contribution in [2.45, 2.75) is 0 Å². The van der Waals surface area contributed by atoms with Crippen LogP contribution in [0.4, 0.5) is 0 Å². The molecular weight excluding hydrogens is 433 g/mol. The van der Waals surface area contributed by atoms with E-state index in [2.05, 4.69) is 30.8 Å². The molecule has 0 aliphatic carbocycles. The van der Waals surface area contributed by atoms with E-state index in [0.717, 1.165) is 11.6 Å². The fourth-order valence-electron chi connectivity index (χ4n) is 1.43. The Balaban J connectivity index is 0.000000574. The van der Waals surface area contributed by atoms with E-state index in [1.54, 1.807) is 46.6 Å². The summed E-state index contributed by atoms with van der Waals surface area (Å²) in [5.74, 6) is 1.54. The number of aromatic nitrogens is 5. The van der Waals surface area contributed by atoms with Crippen molar-refractivity contribution >= 4 is 9.42 Å². The van der Waals surface area contributed by atoms with Crippen molar-refractivity contribution in [3.63, 3.8) is 0 Å². The topological polar surface area (TPSA) is 48.5 Å². The van der Waals surface area contributed by atoms with Crippen LogP contribution in [0.5, 0.6) is 0 Å². The summed E-state index contributed by atoms with van der Waals surface area (Å²) in [5.41, 5.74) is 0. The van der Waals surface area contributed by atoms with Crippen molar-refractivity contribution in [2.24, 2.45) is 0 Å². The molecule has 0 bridgehead atoms. The van der Waals surface area contributed by atoms with Crippen molar-refractivity contribution < 1.29 is 18.8 Å². The fraction of sp³-hybridized carbons (Fsp3) is 0. The van der Waals surface area contributed by atoms with E-state index in [0.29, 0.717) is 0 Å². The van der Waals surface area contributed by atoms with Gasteiger partial charge in [-0.25, -0.2) is 4.68 Å². The van der Waals surface area contributed by atoms with Gasteiger partial charge in [0.15, 0.2) is 0 Å². The predicted molar refractivity (Wildman–Crippen MR) is 63.2 cm³/mol. The summed E-state index contributed by atoms with van der Waals surface area (Å²) in [6, 6.07) is 7.57. The second-order valence-electron chi connectivity index (χ2n) is 3.20. The molecule has 0 atom stereocenters. The van der Waals surface area contributed by atoms with E-state index in [9.17, 15) is 0 Å². The first-order chi connectivity index (χ1) is 8.93. The Morgan fingerprint density at radius 1 is 1.06 bits per heavy atom. The van der Waals surface area contributed by atoms with Gasteiger partial charge in [-0.05, 0) is 12.1 Å². The molecule has 94 valence electrons. The molecule has 0 N–H and O–H groups in total. The van der Waals surface area contributed by atoms with Crippen molar-refractivity contribution in [1.29, 1.82) is 0 Å². The van der Waals surface area contributed by atoms with Crippen LogP contribution in [-0.2, 0) is 18.8 Å². The monoisotopic (exact) mass is 440 g/mol. The third-order valence-corrected chi connectivity index (χ3v) is 2.16. The Morgan fingerprint density at radius 3 is 2.56 bits per heavy atom. The van der Waals surface area contributed by atoms with Gasteiger partial charge in [-0.1, -0.05) is 24.5 Å². The van der Waals surface area contributed by atoms with Crippen LogP contribution in [0.25, 0.3) is 11.6 Å². The molecule has 7 heteroatoms. The molecule has 0 saturated carbocycles. The van der Waals surface area contributed by atoms with Gasteiger partial charge in [0.25, 0.3) is 0 Å². The first kappa shape index (κ1) is 13.0. The summed E-state index contributed by atoms with van der Waals surface area (Å²) < 4.78 is 3.44. The van der Waals surface area contributed by atoms with E-state index < -0.39 is 0 Å². The molecule has 3 aromatic rings. The summed E-state index contributed by atoms with van der Waals surface area (Å²) in [6.07, 6.45) is 9.84. The van der Waals surface area contributed by atoms with Crippen molar-refractivity contribution in [3.8, 4) is 11.6 Å². The van der Waals surface area contributed by atoms with Gasteiger partial charge >= 0.3 is 28.2 Å². The molecule has 3 rings (SSSR count). The average molecular weight is 441 g/mol. The third kappa shape index (κ3) is 2.86. The standard InChI is InChI=1S/C11H8N5.ClH.Pt/c1-3-10(15-8-6-12-9-15)14-11(4-1)16-7-2-5-13-16;;/h1-8H;1H;/q-1;;+2/p-1. The van der Waals surface area contributed by atoms with Crippen molar-refractivity contribution in [1.82, 2.24) is 24.3 Å². The maximum absolute atomic E-state index is 4.61. The van der Waals surface area contributed by atoms with Gasteiger partial charge in [0, 0.05) is 18.7 Å². The summed E-state index contributed by atoms with van der Waals surface area (Å²) in [5, 5.41) is 4.13. The molecule has 0 radical (unpaired) electrons. The fourth-order valence-corrected chi connectivity index (χ4v) is 1.43. The van der Waals surface area contributed by atoms with Crippen molar-refractivity contribution in [3.05, 3.63) is 55.4 Å². The minimum absolute atomic E-state index is 0.768. The molecule has 5 nitrogen and oxygen atoms in total. The minimum Gasteiger partial charge on any atom is -0.418 e. The van der Waals surface area contributed by atoms with Gasteiger partial charge in [-0.15, -0.1) is 0 Å². The van der Waals surface area contributed by atoms with E-state index >= 15 is 0 Å². The number of pyridine rings is 1. The number of imidazole rings is 1. The third-order valence-electron chi connectivity index (χ3n) is 2.16. The van der Waals surface area contributed by atoms with Gasteiger partial charge in [0.1, 0.15) is 5.82 Å². The van der Waals surface area contributed by atoms with Crippen LogP contribution in [0.1, 0.15) is 0 Å². The molecule has 0 aromatic carbocycles. The van der Waals surface area contributed by atoms with Gasteiger partial charge in [-0.3, -0.25) is 4.98 Å². The Kier molecular flexibility index (Phi) is 4.67. The Morgan fingerprint density at radius 2 is 1.89 bits per heavy atom. The summed E-state index contributed by atoms with van der Waals surface area (Å²) in [6.45, 7) is 0. The molecule has 0 saturated heterocycles. The molecule has 0 unspecified atom stereocenters. The Bertz CT molecular complexity index is 530. The second-order valence-corrected chi connectivity index (χ2v) is 3.20. The zero-order valence-corrected chi connectivity index (χ0v) is 12.1. The largest absolute Gasteiger partial charge is 0.418 e. The maximum atomic E-state index is 4.61. The van der Waals surface area contributed by atoms with Crippen LogP contribution >= 0.6 is 9.42 Å². The first-order valence-corrected chi connectivity index (χ1v) is 7.75. The Labute approximate surface area is 119 Å². The summed E-state index contributed by atoms with van der Waals surface area (Å²) >= 11 is 1.61. The molecule has 0 spiro atoms. The minimum atomic E-state index is 0.768. The van der Waals surface area contributed by atoms with Crippen LogP contribution in [0.3, 0.4) is 0 Å². The van der Waals surface area contributed by atoms with Gasteiger partial charge < -0.3 is 9.55 Å². The predicted octanol–water partition coefficient (Wildman–Crippen LogP) is 1.94. The van der Waals surface area contributed by atoms with Gasteiger partial charge in [0.2, 0.25) is 0 Å². The molecule has 0 aliphatic rings. The van der Waals surface area contributed by atoms with Crippen molar-refractivity contribution in [2.75, 3.05) is 0 Å². The van der Waals surface area contributed by atoms with Crippen LogP contribution < -0.4 is 0 Å². The smallest absolute Gasteiger partial charge is 0.145 e. The molecule has 3 heterocycles. The first-order valence-electron chi connectivity index (χ1n) is 4.94. The van der Waals surface area contributed by atoms with Crippen LogP contribution in [0, 0.1) is 6.33 Å². The molecule has 0 fully saturated rings. The van der Waals surface area contributed by atoms with Crippen LogP contribution in [0.15, 0.2) is 49.1 Å². The van der Waals surface area contributed by atoms with Gasteiger partial charge in [0.05, 0.1) is 5.82 Å². The number of rotatable bonds is 2. The second kappa shape index (κ2) is 6.47. The van der Waals surface area contributed by atoms with Crippen LogP contribution in [0.2, 0.25) is 0 Å². The van der Waals surface area contributed by atoms with E-state index in [4.69, 9.17) is 0 Å². The number of hydrogen-bond acceptors (Lipinski definition) is 3. The number of nitrogens with zero attached hydrogens (tertiary/aromatic N) is 5. The van der Waals surface area contributed by atoms with Crippen LogP contribution in [-0.4, -0.2) is 24.3 Å². The molecular formula is C11H8ClN5Pt. The molecule has 18 heavy (non-hydrogen) atoms. The normalized spacial score (nSPS) is 9.72. The quantitative estimate of drug-likeness (QED) is 0.572. The average Bonchev–Trinajstić information content (AvgIpc) is 3.15. The van der Waals surface area contributed by atoms with E-state index in [1.807, 2.05) is 30.5 Å². The maximum Gasteiger partial charge on any atom is 0.145 e. The summed E-state index contributed by atoms with van der Waals surface area (Å²) in [4.78, 5) is 8.32. The SMILES string of the molecule is [Cl][Pt+].[c-]1nccn1-c1cccc(-n2cccn2)n1. The van der Waals surface area contributed by atoms with Gasteiger partial charge in [-0.2, -0.15) is 5.10 Å². The Hall–Kier alpha value is -1.45. The summed E-state index contributed by atoms with van der Waals surface area (Å²) in [7, 11) is 4.61. The zero-order valence-electron chi connectivity index (χ0n) is 9.05.